The number of thiazole rings is 1. The van der Waals surface area contributed by atoms with E-state index in [1.54, 1.807) is 18.0 Å². The summed E-state index contributed by atoms with van der Waals surface area (Å²) in [7, 11) is -1.77. The summed E-state index contributed by atoms with van der Waals surface area (Å²) in [4.78, 5) is 19.6. The van der Waals surface area contributed by atoms with E-state index < -0.39 is 10.0 Å². The van der Waals surface area contributed by atoms with Gasteiger partial charge in [-0.25, -0.2) is 13.4 Å². The molecule has 31 heavy (non-hydrogen) atoms. The Balaban J connectivity index is 1.26. The number of sulfonamides is 1. The molecule has 1 aliphatic carbocycles. The molecule has 1 aliphatic heterocycles. The Hall–Kier alpha value is -2.29. The summed E-state index contributed by atoms with van der Waals surface area (Å²) in [5.41, 5.74) is 3.31. The highest BCUT2D eigenvalue weighted by Gasteiger charge is 2.34. The highest BCUT2D eigenvalue weighted by molar-refractivity contribution is 7.89. The maximum absolute atomic E-state index is 13.1. The van der Waals surface area contributed by atoms with Crippen molar-refractivity contribution in [2.75, 3.05) is 25.0 Å². The van der Waals surface area contributed by atoms with E-state index in [0.29, 0.717) is 36.0 Å². The first-order valence-electron chi connectivity index (χ1n) is 10.7. The summed E-state index contributed by atoms with van der Waals surface area (Å²) in [6.45, 7) is 0.729. The second kappa shape index (κ2) is 8.00. The lowest BCUT2D eigenvalue weighted by atomic mass is 9.97. The third-order valence-corrected chi connectivity index (χ3v) is 9.42. The van der Waals surface area contributed by atoms with E-state index in [0.717, 1.165) is 35.0 Å². The minimum Gasteiger partial charge on any atom is -0.291 e. The number of anilines is 1. The van der Waals surface area contributed by atoms with Crippen LogP contribution in [0.1, 0.15) is 30.4 Å². The van der Waals surface area contributed by atoms with Gasteiger partial charge in [0.2, 0.25) is 15.9 Å². The van der Waals surface area contributed by atoms with Crippen LogP contribution >= 0.6 is 11.3 Å². The summed E-state index contributed by atoms with van der Waals surface area (Å²) >= 11 is 1.50. The van der Waals surface area contributed by atoms with Crippen LogP contribution in [-0.2, 0) is 27.7 Å². The Kier molecular flexibility index (Phi) is 5.32. The number of aromatic nitrogens is 1. The normalized spacial score (nSPS) is 17.7. The molecule has 0 unspecified atom stereocenters. The number of rotatable bonds is 4. The molecule has 0 radical (unpaired) electrons. The lowest BCUT2D eigenvalue weighted by Crippen LogP contribution is -2.43. The van der Waals surface area contributed by atoms with E-state index in [4.69, 9.17) is 0 Å². The first kappa shape index (κ1) is 20.6. The molecular weight excluding hydrogens is 430 g/mol. The second-order valence-corrected chi connectivity index (χ2v) is 11.3. The number of benzene rings is 2. The van der Waals surface area contributed by atoms with Gasteiger partial charge in [-0.15, -0.1) is 0 Å². The highest BCUT2D eigenvalue weighted by Crippen LogP contribution is 2.32. The van der Waals surface area contributed by atoms with Gasteiger partial charge in [0, 0.05) is 26.1 Å². The fraction of sp³-hybridized carbons (Fsp3) is 0.391. The summed E-state index contributed by atoms with van der Waals surface area (Å²) in [6, 6.07) is 13.4. The summed E-state index contributed by atoms with van der Waals surface area (Å²) < 4.78 is 28.9. The zero-order valence-corrected chi connectivity index (χ0v) is 19.1. The average molecular weight is 456 g/mol. The molecule has 2 heterocycles. The van der Waals surface area contributed by atoms with Crippen LogP contribution in [0.25, 0.3) is 10.2 Å². The van der Waals surface area contributed by atoms with Crippen LogP contribution in [0.15, 0.2) is 47.4 Å². The van der Waals surface area contributed by atoms with Crippen LogP contribution in [0.5, 0.6) is 0 Å². The molecule has 0 N–H and O–H groups in total. The summed E-state index contributed by atoms with van der Waals surface area (Å²) in [6.07, 6.45) is 4.13. The van der Waals surface area contributed by atoms with Crippen molar-refractivity contribution < 1.29 is 13.2 Å². The average Bonchev–Trinajstić information content (AvgIpc) is 3.44. The number of hydrogen-bond donors (Lipinski definition) is 0. The molecule has 1 fully saturated rings. The smallest absolute Gasteiger partial charge is 0.243 e. The third-order valence-electron chi connectivity index (χ3n) is 6.41. The van der Waals surface area contributed by atoms with Gasteiger partial charge in [0.05, 0.1) is 15.1 Å². The highest BCUT2D eigenvalue weighted by atomic mass is 32.2. The van der Waals surface area contributed by atoms with Gasteiger partial charge in [-0.05, 0) is 67.5 Å². The minimum atomic E-state index is -3.52. The maximum Gasteiger partial charge on any atom is 0.243 e. The van der Waals surface area contributed by atoms with Crippen molar-refractivity contribution in [3.8, 4) is 0 Å². The van der Waals surface area contributed by atoms with Crippen LogP contribution in [0, 0.1) is 5.92 Å². The van der Waals surface area contributed by atoms with Crippen molar-refractivity contribution in [3.63, 3.8) is 0 Å². The molecule has 8 heteroatoms. The van der Waals surface area contributed by atoms with E-state index in [1.807, 2.05) is 36.4 Å². The van der Waals surface area contributed by atoms with Gasteiger partial charge in [0.25, 0.3) is 0 Å². The molecule has 3 aromatic rings. The van der Waals surface area contributed by atoms with E-state index >= 15 is 0 Å². The fourth-order valence-corrected chi connectivity index (χ4v) is 7.03. The Morgan fingerprint density at radius 3 is 2.61 bits per heavy atom. The molecule has 0 atom stereocenters. The molecule has 1 saturated heterocycles. The van der Waals surface area contributed by atoms with Crippen LogP contribution in [0.2, 0.25) is 0 Å². The predicted octanol–water partition coefficient (Wildman–Crippen LogP) is 3.85. The predicted molar refractivity (Wildman–Crippen MR) is 123 cm³/mol. The Bertz CT molecular complexity index is 1210. The van der Waals surface area contributed by atoms with Crippen LogP contribution in [0.3, 0.4) is 0 Å². The van der Waals surface area contributed by atoms with Crippen LogP contribution in [0.4, 0.5) is 5.13 Å². The van der Waals surface area contributed by atoms with Gasteiger partial charge in [0.1, 0.15) is 0 Å². The Morgan fingerprint density at radius 1 is 1.10 bits per heavy atom. The zero-order chi connectivity index (χ0) is 21.6. The number of amides is 1. The SMILES string of the molecule is CN(C(=O)C1CCN(S(=O)(=O)c2ccc3c(c2)CCC3)CC1)c1nc2ccccc2s1. The number of para-hydroxylation sites is 1. The fourth-order valence-electron chi connectivity index (χ4n) is 4.57. The lowest BCUT2D eigenvalue weighted by molar-refractivity contribution is -0.123. The first-order valence-corrected chi connectivity index (χ1v) is 12.9. The molecule has 5 rings (SSSR count). The summed E-state index contributed by atoms with van der Waals surface area (Å²) in [5.74, 6) is -0.183. The van der Waals surface area contributed by atoms with Gasteiger partial charge in [-0.3, -0.25) is 9.69 Å². The van der Waals surface area contributed by atoms with Gasteiger partial charge in [-0.1, -0.05) is 29.5 Å². The molecule has 2 aromatic carbocycles. The topological polar surface area (TPSA) is 70.6 Å². The molecule has 0 bridgehead atoms. The minimum absolute atomic E-state index is 0.00800. The largest absolute Gasteiger partial charge is 0.291 e. The van der Waals surface area contributed by atoms with Gasteiger partial charge < -0.3 is 0 Å². The number of aryl methyl sites for hydroxylation is 2. The van der Waals surface area contributed by atoms with Crippen molar-refractivity contribution in [2.24, 2.45) is 5.92 Å². The monoisotopic (exact) mass is 455 g/mol. The van der Waals surface area contributed by atoms with Crippen LogP contribution in [-0.4, -0.2) is 43.8 Å². The van der Waals surface area contributed by atoms with Crippen molar-refractivity contribution >= 4 is 42.6 Å². The van der Waals surface area contributed by atoms with E-state index in [1.165, 1.54) is 21.2 Å². The molecule has 6 nitrogen and oxygen atoms in total. The second-order valence-electron chi connectivity index (χ2n) is 8.32. The standard InChI is InChI=1S/C23H25N3O3S2/c1-25(23-24-20-7-2-3-8-21(20)30-23)22(27)17-11-13-26(14-12-17)31(28,29)19-10-9-16-5-4-6-18(16)15-19/h2-3,7-10,15,17H,4-6,11-14H2,1H3. The Morgan fingerprint density at radius 2 is 1.84 bits per heavy atom. The number of hydrogen-bond acceptors (Lipinski definition) is 5. The van der Waals surface area contributed by atoms with Gasteiger partial charge >= 0.3 is 0 Å². The molecule has 1 aromatic heterocycles. The van der Waals surface area contributed by atoms with Crippen molar-refractivity contribution in [3.05, 3.63) is 53.6 Å². The Labute approximate surface area is 186 Å². The number of fused-ring (bicyclic) bond motifs is 2. The molecule has 2 aliphatic rings. The number of carbonyl (C=O) groups excluding carboxylic acids is 1. The van der Waals surface area contributed by atoms with Gasteiger partial charge in [-0.2, -0.15) is 4.31 Å². The summed E-state index contributed by atoms with van der Waals surface area (Å²) in [5, 5.41) is 0.680. The molecule has 1 amide bonds. The van der Waals surface area contributed by atoms with Crippen molar-refractivity contribution in [1.82, 2.24) is 9.29 Å². The third kappa shape index (κ3) is 3.77. The molecule has 0 saturated carbocycles. The first-order chi connectivity index (χ1) is 14.9. The van der Waals surface area contributed by atoms with Crippen molar-refractivity contribution in [1.29, 1.82) is 0 Å². The lowest BCUT2D eigenvalue weighted by Gasteiger charge is -2.32. The van der Waals surface area contributed by atoms with E-state index in [2.05, 4.69) is 4.98 Å². The van der Waals surface area contributed by atoms with Crippen molar-refractivity contribution in [2.45, 2.75) is 37.0 Å². The molecular formula is C23H25N3O3S2. The number of carbonyl (C=O) groups is 1. The maximum atomic E-state index is 13.1. The zero-order valence-electron chi connectivity index (χ0n) is 17.5. The van der Waals surface area contributed by atoms with E-state index in [9.17, 15) is 13.2 Å². The molecule has 0 spiro atoms. The quantitative estimate of drug-likeness (QED) is 0.599. The molecule has 162 valence electrons. The number of piperidine rings is 1. The number of nitrogens with zero attached hydrogens (tertiary/aromatic N) is 3. The van der Waals surface area contributed by atoms with Crippen LogP contribution < -0.4 is 4.90 Å². The van der Waals surface area contributed by atoms with E-state index in [-0.39, 0.29) is 11.8 Å². The van der Waals surface area contributed by atoms with Gasteiger partial charge in [0.15, 0.2) is 5.13 Å².